The van der Waals surface area contributed by atoms with E-state index < -0.39 is 8.07 Å². The van der Waals surface area contributed by atoms with E-state index in [-0.39, 0.29) is 5.91 Å². The number of hydrogen-bond acceptors (Lipinski definition) is 1. The Hall–Kier alpha value is -0.313. The highest BCUT2D eigenvalue weighted by atomic mass is 28.3. The molecule has 2 N–H and O–H groups in total. The second-order valence-electron chi connectivity index (χ2n) is 5.75. The summed E-state index contributed by atoms with van der Waals surface area (Å²) >= 11 is 0. The van der Waals surface area contributed by atoms with Crippen LogP contribution >= 0.6 is 0 Å². The lowest BCUT2D eigenvalue weighted by Crippen LogP contribution is -2.32. The fourth-order valence-corrected chi connectivity index (χ4v) is 4.58. The summed E-state index contributed by atoms with van der Waals surface area (Å²) < 4.78 is 0. The van der Waals surface area contributed by atoms with Crippen molar-refractivity contribution in [2.75, 3.05) is 0 Å². The Labute approximate surface area is 88.3 Å². The number of rotatable bonds is 3. The van der Waals surface area contributed by atoms with Crippen LogP contribution in [0.5, 0.6) is 0 Å². The van der Waals surface area contributed by atoms with Gasteiger partial charge in [0.15, 0.2) is 0 Å². The van der Waals surface area contributed by atoms with Crippen molar-refractivity contribution in [2.24, 2.45) is 11.7 Å². The van der Waals surface area contributed by atoms with Gasteiger partial charge in [0.2, 0.25) is 5.91 Å². The SMILES string of the molecule is C[Si](C)(C)C1CCC(CC(N)=O)CC1. The third-order valence-corrected chi connectivity index (χ3v) is 6.59. The highest BCUT2D eigenvalue weighted by Crippen LogP contribution is 2.40. The van der Waals surface area contributed by atoms with Gasteiger partial charge in [-0.05, 0) is 24.3 Å². The van der Waals surface area contributed by atoms with E-state index in [0.717, 1.165) is 5.54 Å². The zero-order chi connectivity index (χ0) is 10.8. The molecule has 3 heteroatoms. The van der Waals surface area contributed by atoms with Gasteiger partial charge in [0.05, 0.1) is 0 Å². The summed E-state index contributed by atoms with van der Waals surface area (Å²) in [6, 6.07) is 0. The van der Waals surface area contributed by atoms with Crippen molar-refractivity contribution < 1.29 is 4.79 Å². The Morgan fingerprint density at radius 3 is 2.07 bits per heavy atom. The summed E-state index contributed by atoms with van der Waals surface area (Å²) in [6.45, 7) is 7.35. The summed E-state index contributed by atoms with van der Waals surface area (Å²) in [5, 5.41) is 0. The predicted molar refractivity (Wildman–Crippen MR) is 62.9 cm³/mol. The molecule has 82 valence electrons. The predicted octanol–water partition coefficient (Wildman–Crippen LogP) is 2.76. The zero-order valence-corrected chi connectivity index (χ0v) is 10.7. The van der Waals surface area contributed by atoms with Gasteiger partial charge in [-0.2, -0.15) is 0 Å². The van der Waals surface area contributed by atoms with Gasteiger partial charge in [-0.1, -0.05) is 32.5 Å². The third-order valence-electron chi connectivity index (χ3n) is 3.56. The summed E-state index contributed by atoms with van der Waals surface area (Å²) in [4.78, 5) is 10.8. The molecule has 0 bridgehead atoms. The van der Waals surface area contributed by atoms with Crippen LogP contribution in [0, 0.1) is 5.92 Å². The molecule has 0 aromatic rings. The van der Waals surface area contributed by atoms with Crippen LogP contribution in [0.1, 0.15) is 32.1 Å². The fraction of sp³-hybridized carbons (Fsp3) is 0.909. The quantitative estimate of drug-likeness (QED) is 0.720. The first-order valence-electron chi connectivity index (χ1n) is 5.68. The summed E-state index contributed by atoms with van der Waals surface area (Å²) in [7, 11) is -0.942. The van der Waals surface area contributed by atoms with Crippen molar-refractivity contribution in [3.63, 3.8) is 0 Å². The van der Waals surface area contributed by atoms with Crippen LogP contribution in [-0.2, 0) is 4.79 Å². The zero-order valence-electron chi connectivity index (χ0n) is 9.68. The van der Waals surface area contributed by atoms with E-state index >= 15 is 0 Å². The first-order chi connectivity index (χ1) is 6.39. The van der Waals surface area contributed by atoms with Crippen LogP contribution in [0.3, 0.4) is 0 Å². The normalized spacial score (nSPS) is 28.8. The highest BCUT2D eigenvalue weighted by molar-refractivity contribution is 6.77. The maximum atomic E-state index is 10.8. The molecule has 0 saturated heterocycles. The van der Waals surface area contributed by atoms with E-state index in [1.54, 1.807) is 0 Å². The van der Waals surface area contributed by atoms with Gasteiger partial charge in [-0.15, -0.1) is 0 Å². The molecule has 1 fully saturated rings. The molecule has 1 aliphatic rings. The molecule has 1 amide bonds. The summed E-state index contributed by atoms with van der Waals surface area (Å²) in [6.07, 6.45) is 5.70. The van der Waals surface area contributed by atoms with Gasteiger partial charge in [0, 0.05) is 14.5 Å². The van der Waals surface area contributed by atoms with E-state index in [9.17, 15) is 4.79 Å². The van der Waals surface area contributed by atoms with Crippen molar-refractivity contribution in [1.29, 1.82) is 0 Å². The fourth-order valence-electron chi connectivity index (χ4n) is 2.52. The molecule has 1 aliphatic carbocycles. The van der Waals surface area contributed by atoms with E-state index in [1.807, 2.05) is 0 Å². The van der Waals surface area contributed by atoms with E-state index in [0.29, 0.717) is 12.3 Å². The van der Waals surface area contributed by atoms with Gasteiger partial charge >= 0.3 is 0 Å². The molecule has 0 spiro atoms. The summed E-state index contributed by atoms with van der Waals surface area (Å²) in [5.74, 6) is 0.460. The minimum Gasteiger partial charge on any atom is -0.370 e. The first-order valence-corrected chi connectivity index (χ1v) is 9.25. The Morgan fingerprint density at radius 1 is 1.21 bits per heavy atom. The Bertz CT molecular complexity index is 202. The van der Waals surface area contributed by atoms with Gasteiger partial charge in [0.25, 0.3) is 0 Å². The van der Waals surface area contributed by atoms with E-state index in [4.69, 9.17) is 5.73 Å². The lowest BCUT2D eigenvalue weighted by Gasteiger charge is -2.35. The molecule has 1 saturated carbocycles. The van der Waals surface area contributed by atoms with Crippen LogP contribution in [0.4, 0.5) is 0 Å². The van der Waals surface area contributed by atoms with Crippen molar-refractivity contribution in [2.45, 2.75) is 57.3 Å². The van der Waals surface area contributed by atoms with Gasteiger partial charge in [-0.25, -0.2) is 0 Å². The number of carbonyl (C=O) groups excluding carboxylic acids is 1. The Kier molecular flexibility index (Phi) is 3.76. The average Bonchev–Trinajstić information content (AvgIpc) is 2.02. The average molecular weight is 213 g/mol. The van der Waals surface area contributed by atoms with Gasteiger partial charge in [0.1, 0.15) is 0 Å². The maximum absolute atomic E-state index is 10.8. The molecule has 2 nitrogen and oxygen atoms in total. The molecule has 0 heterocycles. The van der Waals surface area contributed by atoms with Crippen molar-refractivity contribution in [3.8, 4) is 0 Å². The second-order valence-corrected chi connectivity index (χ2v) is 11.3. The van der Waals surface area contributed by atoms with Crippen molar-refractivity contribution >= 4 is 14.0 Å². The molecule has 0 radical (unpaired) electrons. The largest absolute Gasteiger partial charge is 0.370 e. The smallest absolute Gasteiger partial charge is 0.217 e. The molecule has 0 atom stereocenters. The highest BCUT2D eigenvalue weighted by Gasteiger charge is 2.31. The lowest BCUT2D eigenvalue weighted by atomic mass is 9.86. The molecule has 0 aromatic heterocycles. The topological polar surface area (TPSA) is 43.1 Å². The molecular weight excluding hydrogens is 190 g/mol. The second kappa shape index (κ2) is 4.47. The molecule has 14 heavy (non-hydrogen) atoms. The third kappa shape index (κ3) is 3.44. The molecule has 0 unspecified atom stereocenters. The molecule has 1 rings (SSSR count). The van der Waals surface area contributed by atoms with Crippen molar-refractivity contribution in [1.82, 2.24) is 0 Å². The number of nitrogens with two attached hydrogens (primary N) is 1. The van der Waals surface area contributed by atoms with E-state index in [1.165, 1.54) is 25.7 Å². The Balaban J connectivity index is 2.35. The Morgan fingerprint density at radius 2 is 1.71 bits per heavy atom. The maximum Gasteiger partial charge on any atom is 0.217 e. The van der Waals surface area contributed by atoms with Crippen LogP contribution in [0.15, 0.2) is 0 Å². The monoisotopic (exact) mass is 213 g/mol. The van der Waals surface area contributed by atoms with Crippen LogP contribution in [0.2, 0.25) is 25.2 Å². The van der Waals surface area contributed by atoms with Gasteiger partial charge < -0.3 is 5.73 Å². The van der Waals surface area contributed by atoms with Gasteiger partial charge in [-0.3, -0.25) is 4.79 Å². The standard InChI is InChI=1S/C11H23NOSi/c1-14(2,3)10-6-4-9(5-7-10)8-11(12)13/h9-10H,4-8H2,1-3H3,(H2,12,13). The minimum absolute atomic E-state index is 0.124. The van der Waals surface area contributed by atoms with Crippen LogP contribution in [0.25, 0.3) is 0 Å². The number of hydrogen-bond donors (Lipinski definition) is 1. The number of amides is 1. The molecule has 0 aliphatic heterocycles. The van der Waals surface area contributed by atoms with Crippen molar-refractivity contribution in [3.05, 3.63) is 0 Å². The number of carbonyl (C=O) groups is 1. The lowest BCUT2D eigenvalue weighted by molar-refractivity contribution is -0.119. The molecular formula is C11H23NOSi. The van der Waals surface area contributed by atoms with E-state index in [2.05, 4.69) is 19.6 Å². The summed E-state index contributed by atoms with van der Waals surface area (Å²) in [5.41, 5.74) is 6.18. The van der Waals surface area contributed by atoms with Crippen LogP contribution in [-0.4, -0.2) is 14.0 Å². The number of primary amides is 1. The minimum atomic E-state index is -0.942. The molecule has 0 aromatic carbocycles. The first kappa shape index (κ1) is 11.8. The van der Waals surface area contributed by atoms with Crippen LogP contribution < -0.4 is 5.73 Å².